The Morgan fingerprint density at radius 3 is 2.23 bits per heavy atom. The van der Waals surface area contributed by atoms with Crippen LogP contribution in [0.25, 0.3) is 5.65 Å². The van der Waals surface area contributed by atoms with Gasteiger partial charge in [-0.1, -0.05) is 60.7 Å². The molecule has 0 bridgehead atoms. The number of nitrogens with zero attached hydrogens (tertiary/aromatic N) is 2. The fraction of sp³-hybridized carbons (Fsp3) is 0.212. The van der Waals surface area contributed by atoms with E-state index in [0.717, 1.165) is 22.4 Å². The first-order valence-corrected chi connectivity index (χ1v) is 13.3. The van der Waals surface area contributed by atoms with Gasteiger partial charge in [-0.25, -0.2) is 4.98 Å². The number of imidazole rings is 1. The zero-order valence-electron chi connectivity index (χ0n) is 22.9. The van der Waals surface area contributed by atoms with Gasteiger partial charge >= 0.3 is 0 Å². The van der Waals surface area contributed by atoms with Crippen molar-refractivity contribution in [1.82, 2.24) is 14.7 Å². The van der Waals surface area contributed by atoms with Gasteiger partial charge in [0.2, 0.25) is 5.91 Å². The summed E-state index contributed by atoms with van der Waals surface area (Å²) in [6, 6.07) is 29.4. The number of fused-ring (bicyclic) bond motifs is 1. The Hall–Kier alpha value is -4.78. The highest BCUT2D eigenvalue weighted by Crippen LogP contribution is 2.35. The molecule has 204 valence electrons. The fourth-order valence-corrected chi connectivity index (χ4v) is 4.84. The molecule has 0 aliphatic heterocycles. The second-order valence-electron chi connectivity index (χ2n) is 9.63. The zero-order valence-corrected chi connectivity index (χ0v) is 22.9. The van der Waals surface area contributed by atoms with Crippen LogP contribution in [0, 0.1) is 0 Å². The number of nitrogens with one attached hydrogen (secondary N) is 1. The number of methoxy groups -OCH3 is 2. The fourth-order valence-electron chi connectivity index (χ4n) is 4.84. The SMILES string of the molecule is COc1cc(OC)cc(C(CC(=O)NC(C)c2ccccc2)c2cnc3c(OCc4ccccc4)cccn23)c1. The molecule has 0 fully saturated rings. The molecular weight excluding hydrogens is 502 g/mol. The molecule has 5 rings (SSSR count). The Morgan fingerprint density at radius 1 is 0.875 bits per heavy atom. The molecule has 7 nitrogen and oxygen atoms in total. The summed E-state index contributed by atoms with van der Waals surface area (Å²) in [7, 11) is 3.23. The lowest BCUT2D eigenvalue weighted by Crippen LogP contribution is -2.28. The van der Waals surface area contributed by atoms with Gasteiger partial charge in [0.1, 0.15) is 18.1 Å². The van der Waals surface area contributed by atoms with Crippen molar-refractivity contribution in [3.63, 3.8) is 0 Å². The highest BCUT2D eigenvalue weighted by Gasteiger charge is 2.25. The minimum absolute atomic E-state index is 0.0745. The van der Waals surface area contributed by atoms with Gasteiger partial charge in [-0.05, 0) is 47.9 Å². The van der Waals surface area contributed by atoms with Gasteiger partial charge in [-0.2, -0.15) is 0 Å². The Bertz CT molecular complexity index is 1550. The normalized spacial score (nSPS) is 12.5. The first-order valence-electron chi connectivity index (χ1n) is 13.3. The maximum Gasteiger partial charge on any atom is 0.221 e. The van der Waals surface area contributed by atoms with E-state index in [2.05, 4.69) is 5.32 Å². The lowest BCUT2D eigenvalue weighted by atomic mass is 9.91. The van der Waals surface area contributed by atoms with E-state index in [1.807, 2.05) is 115 Å². The van der Waals surface area contributed by atoms with Crippen molar-refractivity contribution in [2.45, 2.75) is 31.9 Å². The Balaban J connectivity index is 1.49. The second-order valence-corrected chi connectivity index (χ2v) is 9.63. The van der Waals surface area contributed by atoms with E-state index in [1.54, 1.807) is 14.2 Å². The summed E-state index contributed by atoms with van der Waals surface area (Å²) in [4.78, 5) is 18.2. The van der Waals surface area contributed by atoms with Crippen LogP contribution >= 0.6 is 0 Å². The van der Waals surface area contributed by atoms with E-state index < -0.39 is 0 Å². The number of pyridine rings is 1. The molecule has 3 aromatic carbocycles. The van der Waals surface area contributed by atoms with Crippen LogP contribution in [0.2, 0.25) is 0 Å². The Morgan fingerprint density at radius 2 is 1.55 bits per heavy atom. The standard InChI is InChI=1S/C33H33N3O4/c1-23(25-13-8-5-9-14-25)35-32(37)20-29(26-17-27(38-2)19-28(18-26)39-3)30-21-34-33-31(15-10-16-36(30)33)40-22-24-11-6-4-7-12-24/h4-19,21,23,29H,20,22H2,1-3H3,(H,35,37). The zero-order chi connectivity index (χ0) is 27.9. The lowest BCUT2D eigenvalue weighted by molar-refractivity contribution is -0.122. The van der Waals surface area contributed by atoms with E-state index in [9.17, 15) is 4.79 Å². The molecule has 0 spiro atoms. The molecule has 0 saturated carbocycles. The molecule has 2 heterocycles. The van der Waals surface area contributed by atoms with Crippen LogP contribution in [0.3, 0.4) is 0 Å². The minimum Gasteiger partial charge on any atom is -0.497 e. The average molecular weight is 536 g/mol. The topological polar surface area (TPSA) is 74.1 Å². The summed E-state index contributed by atoms with van der Waals surface area (Å²) in [6.45, 7) is 2.42. The van der Waals surface area contributed by atoms with E-state index in [-0.39, 0.29) is 24.3 Å². The predicted molar refractivity (Wildman–Crippen MR) is 155 cm³/mol. The van der Waals surface area contributed by atoms with Crippen LogP contribution in [0.15, 0.2) is 103 Å². The largest absolute Gasteiger partial charge is 0.497 e. The van der Waals surface area contributed by atoms with Crippen LogP contribution in [0.5, 0.6) is 17.2 Å². The molecule has 0 aliphatic rings. The number of carbonyl (C=O) groups is 1. The van der Waals surface area contributed by atoms with Crippen molar-refractivity contribution in [2.24, 2.45) is 0 Å². The number of hydrogen-bond acceptors (Lipinski definition) is 5. The average Bonchev–Trinajstić information content (AvgIpc) is 3.44. The molecule has 40 heavy (non-hydrogen) atoms. The van der Waals surface area contributed by atoms with Crippen LogP contribution < -0.4 is 19.5 Å². The van der Waals surface area contributed by atoms with Crippen molar-refractivity contribution in [1.29, 1.82) is 0 Å². The van der Waals surface area contributed by atoms with Crippen molar-refractivity contribution < 1.29 is 19.0 Å². The summed E-state index contributed by atoms with van der Waals surface area (Å²) >= 11 is 0. The number of rotatable bonds is 11. The number of amides is 1. The summed E-state index contributed by atoms with van der Waals surface area (Å²) in [5.74, 6) is 1.57. The highest BCUT2D eigenvalue weighted by molar-refractivity contribution is 5.78. The summed E-state index contributed by atoms with van der Waals surface area (Å²) in [5, 5.41) is 3.16. The number of ether oxygens (including phenoxy) is 3. The molecule has 0 radical (unpaired) electrons. The van der Waals surface area contributed by atoms with Crippen LogP contribution in [0.4, 0.5) is 0 Å². The third kappa shape index (κ3) is 6.10. The number of benzene rings is 3. The monoisotopic (exact) mass is 535 g/mol. The van der Waals surface area contributed by atoms with Crippen LogP contribution in [-0.2, 0) is 11.4 Å². The van der Waals surface area contributed by atoms with E-state index >= 15 is 0 Å². The quantitative estimate of drug-likeness (QED) is 0.214. The van der Waals surface area contributed by atoms with Crippen molar-refractivity contribution in [3.05, 3.63) is 126 Å². The molecule has 5 aromatic rings. The smallest absolute Gasteiger partial charge is 0.221 e. The van der Waals surface area contributed by atoms with Crippen LogP contribution in [-0.4, -0.2) is 29.5 Å². The van der Waals surface area contributed by atoms with Crippen molar-refractivity contribution in [3.8, 4) is 17.2 Å². The maximum absolute atomic E-state index is 13.4. The van der Waals surface area contributed by atoms with Crippen molar-refractivity contribution in [2.75, 3.05) is 14.2 Å². The summed E-state index contributed by atoms with van der Waals surface area (Å²) < 4.78 is 19.2. The van der Waals surface area contributed by atoms with Gasteiger partial charge in [0, 0.05) is 30.8 Å². The Labute approximate surface area is 234 Å². The molecule has 1 amide bonds. The van der Waals surface area contributed by atoms with Gasteiger partial charge in [0.05, 0.1) is 26.0 Å². The lowest BCUT2D eigenvalue weighted by Gasteiger charge is -2.21. The molecule has 7 heteroatoms. The third-order valence-electron chi connectivity index (χ3n) is 6.97. The second kappa shape index (κ2) is 12.4. The maximum atomic E-state index is 13.4. The van der Waals surface area contributed by atoms with E-state index in [1.165, 1.54) is 0 Å². The molecule has 1 N–H and O–H groups in total. The summed E-state index contributed by atoms with van der Waals surface area (Å²) in [5.41, 5.74) is 4.55. The number of aromatic nitrogens is 2. The summed E-state index contributed by atoms with van der Waals surface area (Å²) in [6.07, 6.45) is 3.97. The van der Waals surface area contributed by atoms with Gasteiger partial charge in [0.15, 0.2) is 11.4 Å². The Kier molecular flexibility index (Phi) is 8.30. The molecule has 0 aliphatic carbocycles. The first-order chi connectivity index (χ1) is 19.6. The molecular formula is C33H33N3O4. The van der Waals surface area contributed by atoms with Gasteiger partial charge in [0.25, 0.3) is 0 Å². The van der Waals surface area contributed by atoms with Crippen molar-refractivity contribution >= 4 is 11.6 Å². The minimum atomic E-state index is -0.327. The van der Waals surface area contributed by atoms with Crippen LogP contribution in [0.1, 0.15) is 47.7 Å². The van der Waals surface area contributed by atoms with E-state index in [4.69, 9.17) is 19.2 Å². The molecule has 0 saturated heterocycles. The number of carbonyl (C=O) groups excluding carboxylic acids is 1. The first kappa shape index (κ1) is 26.8. The third-order valence-corrected chi connectivity index (χ3v) is 6.97. The predicted octanol–water partition coefficient (Wildman–Crippen LogP) is 6.33. The van der Waals surface area contributed by atoms with Gasteiger partial charge in [-0.15, -0.1) is 0 Å². The molecule has 2 atom stereocenters. The molecule has 2 aromatic heterocycles. The van der Waals surface area contributed by atoms with Gasteiger partial charge in [-0.3, -0.25) is 4.79 Å². The number of hydrogen-bond donors (Lipinski definition) is 1. The molecule has 2 unspecified atom stereocenters. The highest BCUT2D eigenvalue weighted by atomic mass is 16.5. The van der Waals surface area contributed by atoms with Gasteiger partial charge < -0.3 is 23.9 Å². The van der Waals surface area contributed by atoms with E-state index in [0.29, 0.717) is 29.5 Å².